The van der Waals surface area contributed by atoms with Crippen molar-refractivity contribution in [1.82, 2.24) is 20.0 Å². The molecule has 2 aliphatic heterocycles. The molecule has 1 aromatic heterocycles. The zero-order valence-electron chi connectivity index (χ0n) is 20.1. The van der Waals surface area contributed by atoms with E-state index in [2.05, 4.69) is 29.1 Å². The van der Waals surface area contributed by atoms with E-state index in [-0.39, 0.29) is 17.9 Å². The van der Waals surface area contributed by atoms with Crippen molar-refractivity contribution >= 4 is 34.0 Å². The number of nitrogens with two attached hydrogens (primary N) is 2. The van der Waals surface area contributed by atoms with Crippen LogP contribution in [0, 0.1) is 11.8 Å². The van der Waals surface area contributed by atoms with Gasteiger partial charge in [-0.25, -0.2) is 4.79 Å². The van der Waals surface area contributed by atoms with Crippen LogP contribution in [-0.4, -0.2) is 79.0 Å². The van der Waals surface area contributed by atoms with Gasteiger partial charge in [0.1, 0.15) is 5.00 Å². The van der Waals surface area contributed by atoms with Crippen molar-refractivity contribution < 1.29 is 9.59 Å². The molecule has 0 unspecified atom stereocenters. The van der Waals surface area contributed by atoms with Gasteiger partial charge in [0, 0.05) is 37.1 Å². The van der Waals surface area contributed by atoms with E-state index in [1.54, 1.807) is 11.3 Å². The number of nitrogens with one attached hydrogen (secondary N) is 1. The van der Waals surface area contributed by atoms with Crippen molar-refractivity contribution in [3.8, 4) is 0 Å². The molecule has 1 aromatic rings. The topological polar surface area (TPSA) is 108 Å². The molecule has 0 spiro atoms. The van der Waals surface area contributed by atoms with Crippen molar-refractivity contribution in [3.05, 3.63) is 10.4 Å². The molecule has 0 bridgehead atoms. The molecule has 2 saturated heterocycles. The van der Waals surface area contributed by atoms with Crippen molar-refractivity contribution in [2.45, 2.75) is 57.9 Å². The Labute approximate surface area is 201 Å². The lowest BCUT2D eigenvalue weighted by atomic mass is 9.74. The number of nitrogens with zero attached hydrogens (tertiary/aromatic N) is 3. The maximum atomic E-state index is 13.6. The summed E-state index contributed by atoms with van der Waals surface area (Å²) in [6.07, 6.45) is 6.85. The van der Waals surface area contributed by atoms with Crippen LogP contribution >= 0.6 is 11.3 Å². The van der Waals surface area contributed by atoms with Crippen LogP contribution in [0.25, 0.3) is 0 Å². The average Bonchev–Trinajstić information content (AvgIpc) is 3.41. The van der Waals surface area contributed by atoms with E-state index in [0.29, 0.717) is 36.6 Å². The van der Waals surface area contributed by atoms with Gasteiger partial charge in [-0.3, -0.25) is 9.69 Å². The van der Waals surface area contributed by atoms with Gasteiger partial charge in [-0.1, -0.05) is 13.3 Å². The number of nitrogen functional groups attached to an aromatic ring is 2. The zero-order valence-corrected chi connectivity index (χ0v) is 21.0. The lowest BCUT2D eigenvalue weighted by molar-refractivity contribution is -0.136. The molecule has 4 rings (SSSR count). The Morgan fingerprint density at radius 2 is 1.97 bits per heavy atom. The average molecular weight is 477 g/mol. The molecule has 9 heteroatoms. The number of rotatable bonds is 7. The van der Waals surface area contributed by atoms with Gasteiger partial charge in [0.25, 0.3) is 0 Å². The third kappa shape index (κ3) is 5.30. The molecule has 184 valence electrons. The predicted octanol–water partition coefficient (Wildman–Crippen LogP) is 2.38. The number of likely N-dealkylation sites (tertiary alicyclic amines) is 2. The minimum Gasteiger partial charge on any atom is -0.396 e. The number of anilines is 2. The molecule has 0 saturated carbocycles. The highest BCUT2D eigenvalue weighted by atomic mass is 32.1. The minimum atomic E-state index is -0.238. The largest absolute Gasteiger partial charge is 0.396 e. The molecular formula is C24H40N6O2S. The van der Waals surface area contributed by atoms with Crippen LogP contribution in [0.4, 0.5) is 15.5 Å². The number of hydrogen-bond donors (Lipinski definition) is 3. The Balaban J connectivity index is 1.40. The second kappa shape index (κ2) is 10.6. The van der Waals surface area contributed by atoms with E-state index in [9.17, 15) is 9.59 Å². The fourth-order valence-electron chi connectivity index (χ4n) is 5.82. The highest BCUT2D eigenvalue weighted by molar-refractivity contribution is 7.16. The third-order valence-corrected chi connectivity index (χ3v) is 8.83. The maximum absolute atomic E-state index is 13.6. The number of likely N-dealkylation sites (N-methyl/N-ethyl adjacent to an activating group) is 1. The van der Waals surface area contributed by atoms with Crippen molar-refractivity contribution in [2.24, 2.45) is 11.8 Å². The Morgan fingerprint density at radius 1 is 1.21 bits per heavy atom. The fourth-order valence-corrected chi connectivity index (χ4v) is 6.89. The minimum absolute atomic E-state index is 0.0315. The third-order valence-electron chi connectivity index (χ3n) is 7.73. The highest BCUT2D eigenvalue weighted by Crippen LogP contribution is 2.44. The Morgan fingerprint density at radius 3 is 2.70 bits per heavy atom. The first-order valence-electron chi connectivity index (χ1n) is 12.6. The van der Waals surface area contributed by atoms with Crippen molar-refractivity contribution in [1.29, 1.82) is 0 Å². The number of imide groups is 1. The molecule has 0 radical (unpaired) electrons. The summed E-state index contributed by atoms with van der Waals surface area (Å²) < 4.78 is 0. The number of carbonyl (C=O) groups excluding carboxylic acids is 2. The standard InChI is InChI=1S/C24H40N6O2S/c1-3-4-10-30(24(32)27-7-11-29-8-5-6-9-29)23(31)17-12-16-13-18-20(33-22(26)21(18)25)14-19(16)28(2)15-17/h16-17,19H,3-15,25-26H2,1-2H3,(H,27,32)/t16-,17-,19-/m1/s1. The van der Waals surface area contributed by atoms with E-state index >= 15 is 0 Å². The number of piperidine rings is 1. The van der Waals surface area contributed by atoms with E-state index in [0.717, 1.165) is 57.4 Å². The molecule has 1 aliphatic carbocycles. The van der Waals surface area contributed by atoms with Crippen molar-refractivity contribution in [3.63, 3.8) is 0 Å². The molecule has 3 aliphatic rings. The zero-order chi connectivity index (χ0) is 23.5. The number of carbonyl (C=O) groups is 2. The Bertz CT molecular complexity index is 852. The Kier molecular flexibility index (Phi) is 7.81. The molecule has 33 heavy (non-hydrogen) atoms. The van der Waals surface area contributed by atoms with Crippen LogP contribution < -0.4 is 16.8 Å². The van der Waals surface area contributed by atoms with E-state index < -0.39 is 0 Å². The van der Waals surface area contributed by atoms with Crippen LogP contribution in [-0.2, 0) is 17.6 Å². The number of hydrogen-bond acceptors (Lipinski definition) is 7. The van der Waals surface area contributed by atoms with Gasteiger partial charge in [-0.15, -0.1) is 11.3 Å². The first kappa shape index (κ1) is 24.3. The van der Waals surface area contributed by atoms with E-state index in [1.165, 1.54) is 28.2 Å². The van der Waals surface area contributed by atoms with Gasteiger partial charge in [0.2, 0.25) is 5.91 Å². The second-order valence-corrected chi connectivity index (χ2v) is 11.2. The van der Waals surface area contributed by atoms with Crippen LogP contribution in [0.15, 0.2) is 0 Å². The summed E-state index contributed by atoms with van der Waals surface area (Å²) in [6.45, 7) is 6.91. The quantitative estimate of drug-likeness (QED) is 0.558. The first-order valence-corrected chi connectivity index (χ1v) is 13.4. The van der Waals surface area contributed by atoms with E-state index in [1.807, 2.05) is 0 Å². The van der Waals surface area contributed by atoms with Gasteiger partial charge < -0.3 is 26.6 Å². The van der Waals surface area contributed by atoms with Crippen LogP contribution in [0.1, 0.15) is 49.5 Å². The molecule has 0 aromatic carbocycles. The molecule has 5 N–H and O–H groups in total. The number of urea groups is 1. The lowest BCUT2D eigenvalue weighted by Gasteiger charge is -2.45. The molecule has 8 nitrogen and oxygen atoms in total. The molecule has 3 amide bonds. The normalized spacial score (nSPS) is 25.5. The highest BCUT2D eigenvalue weighted by Gasteiger charge is 2.42. The number of fused-ring (bicyclic) bond motifs is 2. The summed E-state index contributed by atoms with van der Waals surface area (Å²) in [5, 5.41) is 3.72. The molecule has 3 heterocycles. The first-order chi connectivity index (χ1) is 15.9. The van der Waals surface area contributed by atoms with Crippen LogP contribution in [0.3, 0.4) is 0 Å². The van der Waals surface area contributed by atoms with Gasteiger partial charge in [0.15, 0.2) is 0 Å². The summed E-state index contributed by atoms with van der Waals surface area (Å²) in [7, 11) is 2.11. The van der Waals surface area contributed by atoms with E-state index in [4.69, 9.17) is 11.5 Å². The lowest BCUT2D eigenvalue weighted by Crippen LogP contribution is -2.55. The van der Waals surface area contributed by atoms with Crippen LogP contribution in [0.5, 0.6) is 0 Å². The van der Waals surface area contributed by atoms with Crippen molar-refractivity contribution in [2.75, 3.05) is 57.8 Å². The number of thiophene rings is 1. The summed E-state index contributed by atoms with van der Waals surface area (Å²) in [5.41, 5.74) is 14.3. The summed E-state index contributed by atoms with van der Waals surface area (Å²) in [6, 6.07) is 0.163. The smallest absolute Gasteiger partial charge is 0.324 e. The predicted molar refractivity (Wildman–Crippen MR) is 134 cm³/mol. The Hall–Kier alpha value is -1.84. The second-order valence-electron chi connectivity index (χ2n) is 10.0. The van der Waals surface area contributed by atoms with Gasteiger partial charge in [0.05, 0.1) is 11.6 Å². The monoisotopic (exact) mass is 476 g/mol. The van der Waals surface area contributed by atoms with Gasteiger partial charge in [-0.2, -0.15) is 0 Å². The number of unbranched alkanes of at least 4 members (excludes halogenated alkanes) is 1. The van der Waals surface area contributed by atoms with Gasteiger partial charge >= 0.3 is 6.03 Å². The van der Waals surface area contributed by atoms with Crippen LogP contribution in [0.2, 0.25) is 0 Å². The number of amides is 3. The molecule has 3 atom stereocenters. The summed E-state index contributed by atoms with van der Waals surface area (Å²) in [5.74, 6) is 0.153. The fraction of sp³-hybridized carbons (Fsp3) is 0.750. The molecule has 2 fully saturated rings. The summed E-state index contributed by atoms with van der Waals surface area (Å²) >= 11 is 1.61. The van der Waals surface area contributed by atoms with Gasteiger partial charge in [-0.05, 0) is 70.1 Å². The maximum Gasteiger partial charge on any atom is 0.324 e. The SMILES string of the molecule is CCCCN(C(=O)NCCN1CCCC1)C(=O)[C@@H]1C[C@@H]2Cc3c(sc(N)c3N)C[C@H]2N(C)C1. The summed E-state index contributed by atoms with van der Waals surface area (Å²) in [4.78, 5) is 34.1. The molecular weight excluding hydrogens is 436 g/mol.